The van der Waals surface area contributed by atoms with Crippen LogP contribution < -0.4 is 11.1 Å². The van der Waals surface area contributed by atoms with Gasteiger partial charge in [0.25, 0.3) is 5.91 Å². The summed E-state index contributed by atoms with van der Waals surface area (Å²) in [7, 11) is 0. The standard InChI is InChI=1S/C14H24N4O/c1-4-18-8-12(15)13(17-18)14(19)16-11-6-5-9(2)10(3)7-11/h8-11H,4-7,15H2,1-3H3,(H,16,19). The van der Waals surface area contributed by atoms with Gasteiger partial charge < -0.3 is 11.1 Å². The maximum atomic E-state index is 12.2. The van der Waals surface area contributed by atoms with Crippen molar-refractivity contribution in [3.63, 3.8) is 0 Å². The van der Waals surface area contributed by atoms with Crippen LogP contribution in [0.5, 0.6) is 0 Å². The molecule has 5 nitrogen and oxygen atoms in total. The third kappa shape index (κ3) is 3.08. The van der Waals surface area contributed by atoms with E-state index in [4.69, 9.17) is 5.73 Å². The van der Waals surface area contributed by atoms with Gasteiger partial charge in [-0.05, 0) is 38.0 Å². The molecule has 2 rings (SSSR count). The number of nitrogen functional groups attached to an aromatic ring is 1. The highest BCUT2D eigenvalue weighted by molar-refractivity contribution is 5.97. The van der Waals surface area contributed by atoms with Crippen LogP contribution >= 0.6 is 0 Å². The fourth-order valence-electron chi connectivity index (χ4n) is 2.71. The zero-order valence-electron chi connectivity index (χ0n) is 12.0. The Morgan fingerprint density at radius 1 is 1.47 bits per heavy atom. The highest BCUT2D eigenvalue weighted by Gasteiger charge is 2.26. The Morgan fingerprint density at radius 2 is 2.21 bits per heavy atom. The van der Waals surface area contributed by atoms with Crippen LogP contribution in [0.25, 0.3) is 0 Å². The van der Waals surface area contributed by atoms with Crippen molar-refractivity contribution in [3.8, 4) is 0 Å². The van der Waals surface area contributed by atoms with Crippen LogP contribution in [0.4, 0.5) is 5.69 Å². The number of aryl methyl sites for hydroxylation is 1. The fraction of sp³-hybridized carbons (Fsp3) is 0.714. The molecule has 0 aromatic carbocycles. The molecule has 5 heteroatoms. The van der Waals surface area contributed by atoms with E-state index in [2.05, 4.69) is 24.3 Å². The lowest BCUT2D eigenvalue weighted by Gasteiger charge is -2.32. The molecule has 0 bridgehead atoms. The first-order valence-electron chi connectivity index (χ1n) is 7.15. The summed E-state index contributed by atoms with van der Waals surface area (Å²) < 4.78 is 1.69. The molecular weight excluding hydrogens is 240 g/mol. The Kier molecular flexibility index (Phi) is 4.12. The van der Waals surface area contributed by atoms with E-state index in [1.54, 1.807) is 10.9 Å². The third-order valence-corrected chi connectivity index (χ3v) is 4.26. The van der Waals surface area contributed by atoms with Gasteiger partial charge in [0.15, 0.2) is 5.69 Å². The van der Waals surface area contributed by atoms with Crippen LogP contribution in [0.15, 0.2) is 6.20 Å². The van der Waals surface area contributed by atoms with E-state index < -0.39 is 0 Å². The number of nitrogens with one attached hydrogen (secondary N) is 1. The SMILES string of the molecule is CCn1cc(N)c(C(=O)NC2CCC(C)C(C)C2)n1. The van der Waals surface area contributed by atoms with Crippen molar-refractivity contribution in [1.29, 1.82) is 0 Å². The molecule has 1 amide bonds. The van der Waals surface area contributed by atoms with Gasteiger partial charge in [0, 0.05) is 18.8 Å². The fourth-order valence-corrected chi connectivity index (χ4v) is 2.71. The maximum absolute atomic E-state index is 12.2. The first-order valence-corrected chi connectivity index (χ1v) is 7.15. The number of nitrogens with two attached hydrogens (primary N) is 1. The molecule has 1 heterocycles. The Labute approximate surface area is 114 Å². The Hall–Kier alpha value is -1.52. The van der Waals surface area contributed by atoms with Gasteiger partial charge in [0.2, 0.25) is 0 Å². The van der Waals surface area contributed by atoms with Gasteiger partial charge in [-0.15, -0.1) is 0 Å². The van der Waals surface area contributed by atoms with Crippen LogP contribution in [0.2, 0.25) is 0 Å². The number of amides is 1. The van der Waals surface area contributed by atoms with E-state index in [1.165, 1.54) is 6.42 Å². The first kappa shape index (κ1) is 13.9. The number of rotatable bonds is 3. The van der Waals surface area contributed by atoms with Gasteiger partial charge in [-0.3, -0.25) is 9.48 Å². The van der Waals surface area contributed by atoms with E-state index in [9.17, 15) is 4.79 Å². The second-order valence-corrected chi connectivity index (χ2v) is 5.73. The second kappa shape index (κ2) is 5.63. The molecule has 1 fully saturated rings. The van der Waals surface area contributed by atoms with Gasteiger partial charge >= 0.3 is 0 Å². The number of carbonyl (C=O) groups is 1. The van der Waals surface area contributed by atoms with Gasteiger partial charge in [0.1, 0.15) is 0 Å². The lowest BCUT2D eigenvalue weighted by molar-refractivity contribution is 0.0905. The lowest BCUT2D eigenvalue weighted by atomic mass is 9.79. The quantitative estimate of drug-likeness (QED) is 0.877. The first-order chi connectivity index (χ1) is 9.01. The smallest absolute Gasteiger partial charge is 0.274 e. The van der Waals surface area contributed by atoms with Gasteiger partial charge in [-0.2, -0.15) is 5.10 Å². The number of nitrogens with zero attached hydrogens (tertiary/aromatic N) is 2. The molecule has 1 aromatic rings. The van der Waals surface area contributed by atoms with Crippen molar-refractivity contribution >= 4 is 11.6 Å². The van der Waals surface area contributed by atoms with Crippen molar-refractivity contribution in [3.05, 3.63) is 11.9 Å². The van der Waals surface area contributed by atoms with E-state index in [0.717, 1.165) is 25.3 Å². The minimum atomic E-state index is -0.142. The molecule has 1 aliphatic rings. The Bertz CT molecular complexity index is 454. The number of anilines is 1. The van der Waals surface area contributed by atoms with Crippen LogP contribution in [-0.2, 0) is 6.54 Å². The van der Waals surface area contributed by atoms with Crippen LogP contribution in [0.3, 0.4) is 0 Å². The average molecular weight is 264 g/mol. The number of aromatic nitrogens is 2. The summed E-state index contributed by atoms with van der Waals surface area (Å²) >= 11 is 0. The summed E-state index contributed by atoms with van der Waals surface area (Å²) in [6.45, 7) is 7.22. The second-order valence-electron chi connectivity index (χ2n) is 5.73. The predicted octanol–water partition coefficient (Wildman–Crippen LogP) is 2.04. The van der Waals surface area contributed by atoms with Crippen LogP contribution in [0.1, 0.15) is 50.5 Å². The van der Waals surface area contributed by atoms with E-state index >= 15 is 0 Å². The molecule has 1 saturated carbocycles. The molecule has 1 aromatic heterocycles. The molecule has 0 saturated heterocycles. The molecule has 106 valence electrons. The summed E-state index contributed by atoms with van der Waals surface area (Å²) in [5, 5.41) is 7.28. The van der Waals surface area contributed by atoms with Gasteiger partial charge in [0.05, 0.1) is 5.69 Å². The topological polar surface area (TPSA) is 72.9 Å². The molecule has 0 radical (unpaired) electrons. The molecule has 0 spiro atoms. The van der Waals surface area contributed by atoms with Gasteiger partial charge in [-0.1, -0.05) is 13.8 Å². The summed E-state index contributed by atoms with van der Waals surface area (Å²) in [5.41, 5.74) is 6.64. The number of hydrogen-bond acceptors (Lipinski definition) is 3. The molecule has 3 N–H and O–H groups in total. The number of carbonyl (C=O) groups excluding carboxylic acids is 1. The monoisotopic (exact) mass is 264 g/mol. The molecule has 3 atom stereocenters. The predicted molar refractivity (Wildman–Crippen MR) is 75.7 cm³/mol. The highest BCUT2D eigenvalue weighted by Crippen LogP contribution is 2.29. The zero-order chi connectivity index (χ0) is 14.0. The lowest BCUT2D eigenvalue weighted by Crippen LogP contribution is -2.40. The van der Waals surface area contributed by atoms with E-state index in [-0.39, 0.29) is 11.9 Å². The third-order valence-electron chi connectivity index (χ3n) is 4.26. The van der Waals surface area contributed by atoms with Gasteiger partial charge in [-0.25, -0.2) is 0 Å². The Morgan fingerprint density at radius 3 is 2.79 bits per heavy atom. The zero-order valence-corrected chi connectivity index (χ0v) is 12.0. The van der Waals surface area contributed by atoms with Crippen molar-refractivity contribution in [2.24, 2.45) is 11.8 Å². The van der Waals surface area contributed by atoms with Crippen LogP contribution in [0, 0.1) is 11.8 Å². The number of hydrogen-bond donors (Lipinski definition) is 2. The molecule has 3 unspecified atom stereocenters. The largest absolute Gasteiger partial charge is 0.396 e. The van der Waals surface area contributed by atoms with E-state index in [0.29, 0.717) is 17.3 Å². The summed E-state index contributed by atoms with van der Waals surface area (Å²) in [6.07, 6.45) is 4.97. The van der Waals surface area contributed by atoms with Crippen LogP contribution in [-0.4, -0.2) is 21.7 Å². The van der Waals surface area contributed by atoms with Crippen molar-refractivity contribution in [2.45, 2.75) is 52.6 Å². The molecule has 0 aliphatic heterocycles. The summed E-state index contributed by atoms with van der Waals surface area (Å²) in [4.78, 5) is 12.2. The van der Waals surface area contributed by atoms with Crippen molar-refractivity contribution < 1.29 is 4.79 Å². The average Bonchev–Trinajstić information content (AvgIpc) is 2.75. The molecule has 19 heavy (non-hydrogen) atoms. The maximum Gasteiger partial charge on any atom is 0.274 e. The summed E-state index contributed by atoms with van der Waals surface area (Å²) in [5.74, 6) is 1.26. The normalized spacial score (nSPS) is 27.2. The van der Waals surface area contributed by atoms with E-state index in [1.807, 2.05) is 6.92 Å². The molecular formula is C14H24N4O. The Balaban J connectivity index is 1.99. The van der Waals surface area contributed by atoms with Crippen molar-refractivity contribution in [1.82, 2.24) is 15.1 Å². The molecule has 1 aliphatic carbocycles. The van der Waals surface area contributed by atoms with Crippen molar-refractivity contribution in [2.75, 3.05) is 5.73 Å². The minimum absolute atomic E-state index is 0.142. The highest BCUT2D eigenvalue weighted by atomic mass is 16.2. The summed E-state index contributed by atoms with van der Waals surface area (Å²) in [6, 6.07) is 0.255. The minimum Gasteiger partial charge on any atom is -0.396 e.